The van der Waals surface area contributed by atoms with E-state index < -0.39 is 235 Å². The molecule has 0 aliphatic carbocycles. The third-order valence-corrected chi connectivity index (χ3v) is 19.9. The van der Waals surface area contributed by atoms with Gasteiger partial charge < -0.3 is 134 Å². The minimum absolute atomic E-state index is 0.00314. The Morgan fingerprint density at radius 3 is 1.69 bits per heavy atom. The molecule has 3 heterocycles. The maximum atomic E-state index is 14.8. The van der Waals surface area contributed by atoms with Crippen molar-refractivity contribution >= 4 is 146 Å². The summed E-state index contributed by atoms with van der Waals surface area (Å²) in [5.41, 5.74) is 38.6. The number of rotatable bonds is 36. The first-order valence-electron chi connectivity index (χ1n) is 36.8. The van der Waals surface area contributed by atoms with E-state index in [0.29, 0.717) is 0 Å². The summed E-state index contributed by atoms with van der Waals surface area (Å²) < 4.78 is 0. The number of amides is 16. The van der Waals surface area contributed by atoms with Gasteiger partial charge in [-0.2, -0.15) is 0 Å². The second-order valence-electron chi connectivity index (χ2n) is 27.9. The normalized spacial score (nSPS) is 21.6. The molecule has 0 unspecified atom stereocenters. The Morgan fingerprint density at radius 2 is 1.12 bits per heavy atom. The Labute approximate surface area is 664 Å². The van der Waals surface area contributed by atoms with E-state index in [4.69, 9.17) is 40.1 Å². The molecule has 3 aliphatic heterocycles. The van der Waals surface area contributed by atoms with Crippen LogP contribution in [0.1, 0.15) is 131 Å². The van der Waals surface area contributed by atoms with Crippen LogP contribution in [0.2, 0.25) is 0 Å². The van der Waals surface area contributed by atoms with Crippen molar-refractivity contribution in [2.75, 3.05) is 63.9 Å². The van der Waals surface area contributed by atoms with Gasteiger partial charge >= 0.3 is 11.9 Å². The minimum atomic E-state index is -1.98. The average molecular weight is 1650 g/mol. The predicted molar refractivity (Wildman–Crippen MR) is 412 cm³/mol. The number of primary amides is 1. The number of hydrogen-bond donors (Lipinski definition) is 23. The second kappa shape index (κ2) is 49.4. The Kier molecular flexibility index (Phi) is 42.1. The molecule has 0 saturated carbocycles. The molecule has 0 radical (unpaired) electrons. The zero-order chi connectivity index (χ0) is 85.6. The molecular formula is C66H111N25O21S2. The summed E-state index contributed by atoms with van der Waals surface area (Å²) in [7, 11) is 1.49. The fraction of sp³-hybridized carbons (Fsp3) is 0.682. The molecule has 0 bridgehead atoms. The molecule has 46 nitrogen and oxygen atoms in total. The van der Waals surface area contributed by atoms with Gasteiger partial charge in [0.2, 0.25) is 94.5 Å². The molecule has 13 atom stereocenters. The van der Waals surface area contributed by atoms with Gasteiger partial charge in [-0.3, -0.25) is 101 Å². The topological polar surface area (TPSA) is 750 Å². The van der Waals surface area contributed by atoms with Crippen molar-refractivity contribution in [2.24, 2.45) is 66.9 Å². The van der Waals surface area contributed by atoms with Crippen LogP contribution in [-0.4, -0.2) is 292 Å². The SMILES string of the molecule is CC(=O)N[C@@H](CC(=O)O)C(=O)N[C@@H](CO)C(=O)NCC(=O)N[C@@H](CC(C)C)C(=O)N[C@H]1CSSC[C@@H](C(=O)N[C@@H](CC(=O)O)C(=O)N2CCC[C@H]2C(=O)N[C@@H](CCCN=C(N)N)C(N)=O)NC(=O)CNC(=O)[C@H](CCCN=C(N)N)NC(=O)[C@H](CC(C)C)NC(=O)[C@H](CCCN=C(N)N)NC(=O)[C@@H]2CCCN2C(=O)[C@H](C)NC1=O. The van der Waals surface area contributed by atoms with Gasteiger partial charge in [-0.25, -0.2) is 0 Å². The molecule has 30 N–H and O–H groups in total. The van der Waals surface area contributed by atoms with Crippen LogP contribution in [0.3, 0.4) is 0 Å². The third-order valence-electron chi connectivity index (χ3n) is 17.4. The second-order valence-corrected chi connectivity index (χ2v) is 30.5. The van der Waals surface area contributed by atoms with Gasteiger partial charge in [0.15, 0.2) is 17.9 Å². The van der Waals surface area contributed by atoms with Crippen LogP contribution in [0.5, 0.6) is 0 Å². The van der Waals surface area contributed by atoms with E-state index in [1.807, 2.05) is 0 Å². The van der Waals surface area contributed by atoms with Crippen LogP contribution in [-0.2, 0) is 86.3 Å². The Morgan fingerprint density at radius 1 is 0.570 bits per heavy atom. The number of aliphatic hydroxyl groups excluding tert-OH is 1. The van der Waals surface area contributed by atoms with Gasteiger partial charge in [-0.05, 0) is 95.8 Å². The quantitative estimate of drug-likeness (QED) is 0.0120. The molecule has 3 aliphatic rings. The minimum Gasteiger partial charge on any atom is -0.481 e. The number of guanidine groups is 3. The summed E-state index contributed by atoms with van der Waals surface area (Å²) in [6.45, 7) is 5.85. The standard InChI is InChI=1S/C66H111N25O21S2/c1-31(2)22-38(81-47(94)26-78-53(102)42(28-92)88-57(106)40(24-49(96)97)80-34(6)93)55(104)89-44-30-114-113-29-43(59(108)87-41(25-50(98)99)63(112)91-21-11-16-46(91)60(109)83-35(51(67)100)12-7-17-74-64(68)69)82-48(95)27-77-52(101)36(13-8-18-75-65(70)71)84-56(105)39(23-32(3)4)86-54(103)37(14-9-19-76-66(72)73)85-61(110)45-15-10-20-90(45)62(111)33(5)79-58(44)107/h31-33,35-46,92H,7-30H2,1-6H3,(H2,67,100)(H,77,101)(H,78,102)(H,79,107)(H,80,93)(H,81,94)(H,82,95)(H,83,109)(H,84,105)(H,85,110)(H,86,103)(H,87,108)(H,88,106)(H,89,104)(H,96,97)(H,98,99)(H4,68,69,74)(H4,70,71,75)(H4,72,73,76)/t33-,35-,36-,37-,38-,39-,40-,41-,42-,43-,44-,45-,46-/m0/s1. The number of hydrogen-bond acceptors (Lipinski definition) is 24. The van der Waals surface area contributed by atoms with E-state index in [-0.39, 0.29) is 134 Å². The van der Waals surface area contributed by atoms with E-state index in [0.717, 1.165) is 38.3 Å². The molecule has 0 aromatic rings. The van der Waals surface area contributed by atoms with Crippen LogP contribution in [0.15, 0.2) is 15.0 Å². The molecule has 3 rings (SSSR count). The predicted octanol–water partition coefficient (Wildman–Crippen LogP) is -10.4. The summed E-state index contributed by atoms with van der Waals surface area (Å²) in [6, 6.07) is -20.3. The number of carboxylic acids is 2. The summed E-state index contributed by atoms with van der Waals surface area (Å²) in [6.07, 6.45) is -1.83. The molecule has 0 aromatic heterocycles. The molecule has 3 saturated heterocycles. The number of aliphatic carboxylic acids is 2. The number of aliphatic hydroxyl groups is 1. The smallest absolute Gasteiger partial charge is 0.305 e. The summed E-state index contributed by atoms with van der Waals surface area (Å²) in [5.74, 6) is -21.7. The van der Waals surface area contributed by atoms with Crippen molar-refractivity contribution in [3.05, 3.63) is 0 Å². The fourth-order valence-electron chi connectivity index (χ4n) is 11.9. The molecule has 3 fully saturated rings. The van der Waals surface area contributed by atoms with Crippen molar-refractivity contribution in [3.8, 4) is 0 Å². The number of nitrogens with one attached hydrogen (secondary N) is 13. The van der Waals surface area contributed by atoms with Gasteiger partial charge in [-0.15, -0.1) is 0 Å². The number of carbonyl (C=O) groups excluding carboxylic acids is 16. The molecule has 638 valence electrons. The van der Waals surface area contributed by atoms with Crippen molar-refractivity contribution in [1.29, 1.82) is 0 Å². The third kappa shape index (κ3) is 35.3. The van der Waals surface area contributed by atoms with Gasteiger partial charge in [0, 0.05) is 51.2 Å². The van der Waals surface area contributed by atoms with Crippen molar-refractivity contribution in [2.45, 2.75) is 210 Å². The highest BCUT2D eigenvalue weighted by Crippen LogP contribution is 2.26. The van der Waals surface area contributed by atoms with E-state index in [1.54, 1.807) is 27.7 Å². The number of carboxylic acid groups (broad SMARTS) is 2. The largest absolute Gasteiger partial charge is 0.481 e. The zero-order valence-electron chi connectivity index (χ0n) is 64.4. The monoisotopic (exact) mass is 1650 g/mol. The Bertz CT molecular complexity index is 3510. The highest BCUT2D eigenvalue weighted by atomic mass is 33.1. The van der Waals surface area contributed by atoms with E-state index in [9.17, 15) is 102 Å². The maximum absolute atomic E-state index is 14.8. The molecule has 48 heteroatoms. The molecular weight excluding hydrogens is 1540 g/mol. The Balaban J connectivity index is 2.22. The lowest BCUT2D eigenvalue weighted by Gasteiger charge is -2.30. The van der Waals surface area contributed by atoms with Gasteiger partial charge in [0.1, 0.15) is 78.5 Å². The van der Waals surface area contributed by atoms with E-state index in [1.165, 1.54) is 6.92 Å². The van der Waals surface area contributed by atoms with Crippen molar-refractivity contribution in [1.82, 2.24) is 78.9 Å². The van der Waals surface area contributed by atoms with E-state index in [2.05, 4.69) is 84.1 Å². The van der Waals surface area contributed by atoms with Crippen molar-refractivity contribution < 1.29 is 102 Å². The van der Waals surface area contributed by atoms with Gasteiger partial charge in [0.25, 0.3) is 0 Å². The fourth-order valence-corrected chi connectivity index (χ4v) is 14.3. The summed E-state index contributed by atoms with van der Waals surface area (Å²) in [5, 5.41) is 61.1. The highest BCUT2D eigenvalue weighted by molar-refractivity contribution is 8.76. The van der Waals surface area contributed by atoms with Crippen molar-refractivity contribution in [3.63, 3.8) is 0 Å². The Hall–Kier alpha value is -11.1. The van der Waals surface area contributed by atoms with Crippen LogP contribution in [0.4, 0.5) is 0 Å². The van der Waals surface area contributed by atoms with Gasteiger partial charge in [-0.1, -0.05) is 49.3 Å². The average Bonchev–Trinajstić information content (AvgIpc) is 1.68. The lowest BCUT2D eigenvalue weighted by Crippen LogP contribution is -2.60. The van der Waals surface area contributed by atoms with Crippen LogP contribution in [0.25, 0.3) is 0 Å². The number of nitrogens with two attached hydrogens (primary N) is 7. The highest BCUT2D eigenvalue weighted by Gasteiger charge is 2.43. The van der Waals surface area contributed by atoms with Gasteiger partial charge in [0.05, 0.1) is 32.5 Å². The number of carbonyl (C=O) groups is 18. The number of fused-ring (bicyclic) bond motifs is 1. The zero-order valence-corrected chi connectivity index (χ0v) is 66.0. The lowest BCUT2D eigenvalue weighted by atomic mass is 10.0. The molecule has 16 amide bonds. The number of likely N-dealkylation sites (tertiary alicyclic amines) is 1. The lowest BCUT2D eigenvalue weighted by molar-refractivity contribution is -0.146. The van der Waals surface area contributed by atoms with Crippen LogP contribution in [0, 0.1) is 11.8 Å². The number of nitrogens with zero attached hydrogens (tertiary/aromatic N) is 5. The molecule has 0 aromatic carbocycles. The first-order chi connectivity index (χ1) is 53.6. The molecule has 114 heavy (non-hydrogen) atoms. The first-order valence-corrected chi connectivity index (χ1v) is 39.3. The first kappa shape index (κ1) is 97.1. The maximum Gasteiger partial charge on any atom is 0.305 e. The summed E-state index contributed by atoms with van der Waals surface area (Å²) in [4.78, 5) is 261. The summed E-state index contributed by atoms with van der Waals surface area (Å²) >= 11 is 0. The van der Waals surface area contributed by atoms with Crippen LogP contribution >= 0.6 is 21.6 Å². The molecule has 0 spiro atoms. The van der Waals surface area contributed by atoms with Crippen LogP contribution < -0.4 is 109 Å². The number of aliphatic imine (C=N–C) groups is 3. The van der Waals surface area contributed by atoms with E-state index >= 15 is 0 Å².